The van der Waals surface area contributed by atoms with Crippen LogP contribution in [0.1, 0.15) is 35.4 Å². The van der Waals surface area contributed by atoms with Gasteiger partial charge in [-0.05, 0) is 30.2 Å². The summed E-state index contributed by atoms with van der Waals surface area (Å²) in [5, 5.41) is 10.6. The zero-order valence-corrected chi connectivity index (χ0v) is 18.6. The number of rotatable bonds is 5. The van der Waals surface area contributed by atoms with Gasteiger partial charge in [0.1, 0.15) is 17.2 Å². The fraction of sp³-hybridized carbons (Fsp3) is 0.208. The van der Waals surface area contributed by atoms with E-state index in [-0.39, 0.29) is 28.3 Å². The summed E-state index contributed by atoms with van der Waals surface area (Å²) < 4.78 is 70.8. The van der Waals surface area contributed by atoms with Crippen LogP contribution in [0.4, 0.5) is 13.2 Å². The largest absolute Gasteiger partial charge is 0.435 e. The zero-order valence-electron chi connectivity index (χ0n) is 17.8. The molecule has 0 saturated carbocycles. The lowest BCUT2D eigenvalue weighted by molar-refractivity contribution is -0.0506. The number of alkyl halides is 2. The summed E-state index contributed by atoms with van der Waals surface area (Å²) in [4.78, 5) is 4.50. The van der Waals surface area contributed by atoms with Gasteiger partial charge in [0, 0.05) is 35.6 Å². The normalized spacial score (nSPS) is 17.9. The molecule has 2 heterocycles. The highest BCUT2D eigenvalue weighted by molar-refractivity contribution is 7.90. The number of imidazole rings is 1. The van der Waals surface area contributed by atoms with E-state index in [9.17, 15) is 26.7 Å². The lowest BCUT2D eigenvalue weighted by atomic mass is 9.95. The van der Waals surface area contributed by atoms with Crippen molar-refractivity contribution in [3.05, 3.63) is 83.6 Å². The molecule has 0 spiro atoms. The van der Waals surface area contributed by atoms with E-state index in [1.807, 2.05) is 0 Å². The quantitative estimate of drug-likeness (QED) is 0.440. The molecule has 4 aromatic rings. The number of hydrogen-bond acceptors (Lipinski definition) is 5. The van der Waals surface area contributed by atoms with Gasteiger partial charge in [0.05, 0.1) is 22.4 Å². The van der Waals surface area contributed by atoms with Crippen LogP contribution in [-0.4, -0.2) is 35.8 Å². The molecule has 0 fully saturated rings. The van der Waals surface area contributed by atoms with E-state index in [0.717, 1.165) is 6.26 Å². The fourth-order valence-corrected chi connectivity index (χ4v) is 5.11. The van der Waals surface area contributed by atoms with Crippen LogP contribution in [0, 0.1) is 5.82 Å². The molecule has 0 aliphatic heterocycles. The number of halogens is 3. The molecule has 0 amide bonds. The molecular formula is C24H19F3N2O4S. The molecule has 176 valence electrons. The SMILES string of the molecule is CS(=O)(=O)c1ccc(-c2cn3c4c(nc3cc2F)[C@H](O)C[C@@H]4c2ccccc2OC(F)F)cc1. The molecule has 1 N–H and O–H groups in total. The molecule has 1 aliphatic carbocycles. The Morgan fingerprint density at radius 3 is 2.53 bits per heavy atom. The Hall–Kier alpha value is -3.37. The number of aliphatic hydroxyl groups excluding tert-OH is 1. The monoisotopic (exact) mass is 488 g/mol. The Bertz CT molecular complexity index is 1500. The Labute approximate surface area is 193 Å². The van der Waals surface area contributed by atoms with Crippen molar-refractivity contribution in [1.82, 2.24) is 9.38 Å². The average molecular weight is 488 g/mol. The fourth-order valence-electron chi connectivity index (χ4n) is 4.48. The van der Waals surface area contributed by atoms with Crippen LogP contribution >= 0.6 is 0 Å². The van der Waals surface area contributed by atoms with Crippen LogP contribution in [0.3, 0.4) is 0 Å². The summed E-state index contributed by atoms with van der Waals surface area (Å²) in [5.74, 6) is -1.09. The molecule has 0 bridgehead atoms. The first-order valence-electron chi connectivity index (χ1n) is 10.4. The van der Waals surface area contributed by atoms with Crippen LogP contribution in [0.25, 0.3) is 16.8 Å². The van der Waals surface area contributed by atoms with Crippen molar-refractivity contribution >= 4 is 15.5 Å². The highest BCUT2D eigenvalue weighted by Gasteiger charge is 2.37. The number of aliphatic hydroxyl groups is 1. The lowest BCUT2D eigenvalue weighted by Crippen LogP contribution is -2.08. The predicted octanol–water partition coefficient (Wildman–Crippen LogP) is 4.71. The van der Waals surface area contributed by atoms with Gasteiger partial charge in [-0.15, -0.1) is 0 Å². The predicted molar refractivity (Wildman–Crippen MR) is 118 cm³/mol. The number of ether oxygens (including phenoxy) is 1. The molecule has 2 atom stereocenters. The molecule has 5 rings (SSSR count). The summed E-state index contributed by atoms with van der Waals surface area (Å²) in [6.07, 6.45) is 1.86. The van der Waals surface area contributed by atoms with Crippen LogP contribution in [0.2, 0.25) is 0 Å². The molecule has 0 radical (unpaired) electrons. The maximum absolute atomic E-state index is 15.0. The molecule has 2 aromatic carbocycles. The summed E-state index contributed by atoms with van der Waals surface area (Å²) in [5.41, 5.74) is 2.28. The minimum absolute atomic E-state index is 0.00352. The van der Waals surface area contributed by atoms with Crippen molar-refractivity contribution in [2.45, 2.75) is 29.9 Å². The highest BCUT2D eigenvalue weighted by Crippen LogP contribution is 2.47. The third kappa shape index (κ3) is 3.82. The number of pyridine rings is 1. The first-order valence-corrected chi connectivity index (χ1v) is 12.3. The number of sulfone groups is 1. The number of fused-ring (bicyclic) bond motifs is 3. The van der Waals surface area contributed by atoms with Crippen LogP contribution < -0.4 is 4.74 Å². The third-order valence-electron chi connectivity index (χ3n) is 5.98. The van der Waals surface area contributed by atoms with Gasteiger partial charge in [-0.2, -0.15) is 8.78 Å². The Morgan fingerprint density at radius 2 is 1.85 bits per heavy atom. The Kier molecular flexibility index (Phi) is 5.37. The van der Waals surface area contributed by atoms with Crippen molar-refractivity contribution in [2.75, 3.05) is 6.26 Å². The summed E-state index contributed by atoms with van der Waals surface area (Å²) in [7, 11) is -3.40. The van der Waals surface area contributed by atoms with E-state index in [0.29, 0.717) is 22.5 Å². The number of aromatic nitrogens is 2. The second kappa shape index (κ2) is 8.14. The van der Waals surface area contributed by atoms with Crippen LogP contribution in [0.15, 0.2) is 65.7 Å². The molecule has 0 saturated heterocycles. The zero-order chi connectivity index (χ0) is 24.2. The van der Waals surface area contributed by atoms with Gasteiger partial charge in [0.2, 0.25) is 0 Å². The van der Waals surface area contributed by atoms with Gasteiger partial charge >= 0.3 is 6.61 Å². The molecular weight excluding hydrogens is 469 g/mol. The maximum atomic E-state index is 15.0. The van der Waals surface area contributed by atoms with Gasteiger partial charge in [0.25, 0.3) is 0 Å². The van der Waals surface area contributed by atoms with Crippen molar-refractivity contribution in [3.8, 4) is 16.9 Å². The standard InChI is InChI=1S/C24H19F3N2O4S/c1-34(31,32)14-8-6-13(7-9-14)17-12-29-21(11-18(17)25)28-22-19(30)10-16(23(22)29)15-4-2-3-5-20(15)33-24(26)27/h2-9,11-12,16,19,24,30H,10H2,1H3/t16-,19-/m1/s1. The van der Waals surface area contributed by atoms with E-state index in [1.165, 1.54) is 42.6 Å². The van der Waals surface area contributed by atoms with Crippen molar-refractivity contribution in [1.29, 1.82) is 0 Å². The molecule has 2 aromatic heterocycles. The first kappa shape index (κ1) is 22.4. The maximum Gasteiger partial charge on any atom is 0.387 e. The average Bonchev–Trinajstić information content (AvgIpc) is 3.29. The van der Waals surface area contributed by atoms with Crippen molar-refractivity contribution in [3.63, 3.8) is 0 Å². The number of benzene rings is 2. The summed E-state index contributed by atoms with van der Waals surface area (Å²) in [6, 6.07) is 13.4. The van der Waals surface area contributed by atoms with E-state index >= 15 is 0 Å². The van der Waals surface area contributed by atoms with Crippen molar-refractivity contribution in [2.24, 2.45) is 0 Å². The highest BCUT2D eigenvalue weighted by atomic mass is 32.2. The molecule has 6 nitrogen and oxygen atoms in total. The van der Waals surface area contributed by atoms with Crippen molar-refractivity contribution < 1.29 is 31.4 Å². The Morgan fingerprint density at radius 1 is 1.15 bits per heavy atom. The summed E-state index contributed by atoms with van der Waals surface area (Å²) >= 11 is 0. The van der Waals surface area contributed by atoms with Gasteiger partial charge in [-0.3, -0.25) is 0 Å². The molecule has 10 heteroatoms. The summed E-state index contributed by atoms with van der Waals surface area (Å²) in [6.45, 7) is -3.01. The molecule has 1 aliphatic rings. The van der Waals surface area contributed by atoms with E-state index < -0.39 is 34.3 Å². The topological polar surface area (TPSA) is 80.9 Å². The van der Waals surface area contributed by atoms with Gasteiger partial charge in [-0.25, -0.2) is 17.8 Å². The second-order valence-corrected chi connectivity index (χ2v) is 10.2. The van der Waals surface area contributed by atoms with Gasteiger partial charge in [0.15, 0.2) is 9.84 Å². The first-order chi connectivity index (χ1) is 16.1. The Balaban J connectivity index is 1.65. The van der Waals surface area contributed by atoms with E-state index in [1.54, 1.807) is 22.6 Å². The second-order valence-electron chi connectivity index (χ2n) is 8.16. The number of nitrogens with zero attached hydrogens (tertiary/aromatic N) is 2. The number of hydrogen-bond donors (Lipinski definition) is 1. The minimum atomic E-state index is -3.40. The minimum Gasteiger partial charge on any atom is -0.435 e. The van der Waals surface area contributed by atoms with E-state index in [2.05, 4.69) is 4.98 Å². The smallest absolute Gasteiger partial charge is 0.387 e. The van der Waals surface area contributed by atoms with Crippen LogP contribution in [-0.2, 0) is 9.84 Å². The molecule has 0 unspecified atom stereocenters. The lowest BCUT2D eigenvalue weighted by Gasteiger charge is -2.17. The molecule has 34 heavy (non-hydrogen) atoms. The number of para-hydroxylation sites is 1. The van der Waals surface area contributed by atoms with Crippen LogP contribution in [0.5, 0.6) is 5.75 Å². The van der Waals surface area contributed by atoms with E-state index in [4.69, 9.17) is 4.74 Å². The third-order valence-corrected chi connectivity index (χ3v) is 7.11. The van der Waals surface area contributed by atoms with Gasteiger partial charge < -0.3 is 14.2 Å². The van der Waals surface area contributed by atoms with Gasteiger partial charge in [-0.1, -0.05) is 30.3 Å².